The van der Waals surface area contributed by atoms with Crippen molar-refractivity contribution in [2.75, 3.05) is 24.5 Å². The Balaban J connectivity index is 3.23. The minimum atomic E-state index is -0.409. The minimum absolute atomic E-state index is 0.0136. The van der Waals surface area contributed by atoms with Gasteiger partial charge in [0, 0.05) is 6.04 Å². The first kappa shape index (κ1) is 14.9. The third-order valence-corrected chi connectivity index (χ3v) is 2.83. The summed E-state index contributed by atoms with van der Waals surface area (Å²) < 4.78 is 14.1. The second kappa shape index (κ2) is 7.35. The van der Waals surface area contributed by atoms with E-state index >= 15 is 0 Å². The van der Waals surface area contributed by atoms with Crippen LogP contribution in [0.1, 0.15) is 25.5 Å². The summed E-state index contributed by atoms with van der Waals surface area (Å²) in [5.74, 6) is -0.409. The molecule has 19 heavy (non-hydrogen) atoms. The first-order valence-corrected chi connectivity index (χ1v) is 6.16. The molecular weight excluding hydrogens is 243 g/mol. The highest BCUT2D eigenvalue weighted by molar-refractivity contribution is 5.57. The van der Waals surface area contributed by atoms with Crippen molar-refractivity contribution in [2.24, 2.45) is 0 Å². The Morgan fingerprint density at radius 2 is 1.95 bits per heavy atom. The van der Waals surface area contributed by atoms with Crippen LogP contribution in [0, 0.1) is 28.5 Å². The van der Waals surface area contributed by atoms with Crippen LogP contribution in [0.25, 0.3) is 0 Å². The molecule has 1 rings (SSSR count). The molecule has 5 heteroatoms. The van der Waals surface area contributed by atoms with Crippen LogP contribution in [0.3, 0.4) is 0 Å². The van der Waals surface area contributed by atoms with Crippen LogP contribution in [0.4, 0.5) is 10.1 Å². The number of nitriles is 2. The van der Waals surface area contributed by atoms with Gasteiger partial charge in [0.05, 0.1) is 17.8 Å². The number of benzene rings is 1. The smallest absolute Gasteiger partial charge is 0.146 e. The van der Waals surface area contributed by atoms with E-state index in [0.29, 0.717) is 5.69 Å². The zero-order valence-corrected chi connectivity index (χ0v) is 11.2. The van der Waals surface area contributed by atoms with E-state index in [-0.39, 0.29) is 19.1 Å². The molecule has 1 N–H and O–H groups in total. The van der Waals surface area contributed by atoms with Crippen LogP contribution < -0.4 is 10.2 Å². The van der Waals surface area contributed by atoms with Gasteiger partial charge in [0.2, 0.25) is 0 Å². The number of hydrogen-bond donors (Lipinski definition) is 1. The van der Waals surface area contributed by atoms with Gasteiger partial charge in [-0.05, 0) is 25.1 Å². The molecule has 0 aromatic heterocycles. The molecule has 0 amide bonds. The van der Waals surface area contributed by atoms with Gasteiger partial charge in [-0.1, -0.05) is 19.1 Å². The lowest BCUT2D eigenvalue weighted by Crippen LogP contribution is -2.28. The van der Waals surface area contributed by atoms with E-state index in [4.69, 9.17) is 10.5 Å². The highest BCUT2D eigenvalue weighted by Gasteiger charge is 2.19. The third-order valence-electron chi connectivity index (χ3n) is 2.83. The summed E-state index contributed by atoms with van der Waals surface area (Å²) in [6, 6.07) is 8.68. The summed E-state index contributed by atoms with van der Waals surface area (Å²) >= 11 is 0. The van der Waals surface area contributed by atoms with Crippen molar-refractivity contribution in [1.82, 2.24) is 5.32 Å². The maximum atomic E-state index is 14.1. The van der Waals surface area contributed by atoms with E-state index in [0.717, 1.165) is 12.1 Å². The molecule has 1 aromatic rings. The molecule has 1 aromatic carbocycles. The zero-order chi connectivity index (χ0) is 14.3. The van der Waals surface area contributed by atoms with Gasteiger partial charge >= 0.3 is 0 Å². The minimum Gasteiger partial charge on any atom is -0.342 e. The Bertz CT molecular complexity index is 485. The van der Waals surface area contributed by atoms with Crippen molar-refractivity contribution in [3.63, 3.8) is 0 Å². The second-order valence-corrected chi connectivity index (χ2v) is 4.13. The summed E-state index contributed by atoms with van der Waals surface area (Å²) in [7, 11) is 0. The predicted octanol–water partition coefficient (Wildman–Crippen LogP) is 2.35. The summed E-state index contributed by atoms with van der Waals surface area (Å²) in [5.41, 5.74) is 1.09. The lowest BCUT2D eigenvalue weighted by atomic mass is 10.0. The fourth-order valence-corrected chi connectivity index (χ4v) is 2.02. The van der Waals surface area contributed by atoms with Crippen LogP contribution in [0.2, 0.25) is 0 Å². The van der Waals surface area contributed by atoms with Gasteiger partial charge in [-0.15, -0.1) is 0 Å². The Labute approximate surface area is 113 Å². The number of rotatable bonds is 6. The topological polar surface area (TPSA) is 62.9 Å². The number of hydrogen-bond acceptors (Lipinski definition) is 4. The van der Waals surface area contributed by atoms with Gasteiger partial charge in [-0.3, -0.25) is 0 Å². The molecule has 0 fully saturated rings. The molecule has 1 atom stereocenters. The highest BCUT2D eigenvalue weighted by atomic mass is 19.1. The Morgan fingerprint density at radius 1 is 1.32 bits per heavy atom. The molecule has 0 radical (unpaired) electrons. The van der Waals surface area contributed by atoms with E-state index in [9.17, 15) is 4.39 Å². The normalized spacial score (nSPS) is 11.4. The number of para-hydroxylation sites is 1. The van der Waals surface area contributed by atoms with Gasteiger partial charge in [-0.2, -0.15) is 10.5 Å². The lowest BCUT2D eigenvalue weighted by Gasteiger charge is -2.25. The monoisotopic (exact) mass is 260 g/mol. The van der Waals surface area contributed by atoms with E-state index < -0.39 is 5.82 Å². The fourth-order valence-electron chi connectivity index (χ4n) is 2.02. The predicted molar refractivity (Wildman–Crippen MR) is 71.9 cm³/mol. The SMILES string of the molecule is CCNC(C)c1cccc(F)c1N(CC#N)CC#N. The lowest BCUT2D eigenvalue weighted by molar-refractivity contribution is 0.580. The molecule has 0 bridgehead atoms. The number of anilines is 1. The van der Waals surface area contributed by atoms with E-state index in [1.807, 2.05) is 32.1 Å². The quantitative estimate of drug-likeness (QED) is 0.797. The summed E-state index contributed by atoms with van der Waals surface area (Å²) in [6.45, 7) is 4.63. The van der Waals surface area contributed by atoms with E-state index in [1.165, 1.54) is 11.0 Å². The first-order chi connectivity index (χ1) is 9.15. The molecule has 4 nitrogen and oxygen atoms in total. The average Bonchev–Trinajstić information content (AvgIpc) is 2.38. The van der Waals surface area contributed by atoms with Crippen molar-refractivity contribution in [1.29, 1.82) is 10.5 Å². The largest absolute Gasteiger partial charge is 0.342 e. The standard InChI is InChI=1S/C14H17FN4/c1-3-18-11(2)12-5-4-6-13(15)14(12)19(9-7-16)10-8-17/h4-6,11,18H,3,9-10H2,1-2H3. The van der Waals surface area contributed by atoms with Crippen molar-refractivity contribution in [3.8, 4) is 12.1 Å². The molecule has 0 aliphatic rings. The second-order valence-electron chi connectivity index (χ2n) is 4.13. The van der Waals surface area contributed by atoms with Crippen LogP contribution >= 0.6 is 0 Å². The van der Waals surface area contributed by atoms with Crippen molar-refractivity contribution < 1.29 is 4.39 Å². The van der Waals surface area contributed by atoms with Crippen molar-refractivity contribution in [2.45, 2.75) is 19.9 Å². The Morgan fingerprint density at radius 3 is 2.47 bits per heavy atom. The van der Waals surface area contributed by atoms with Gasteiger partial charge in [-0.25, -0.2) is 4.39 Å². The number of halogens is 1. The Hall–Kier alpha value is -2.11. The molecule has 0 saturated carbocycles. The molecule has 0 spiro atoms. The van der Waals surface area contributed by atoms with Gasteiger partial charge in [0.15, 0.2) is 0 Å². The maximum absolute atomic E-state index is 14.1. The maximum Gasteiger partial charge on any atom is 0.146 e. The van der Waals surface area contributed by atoms with Gasteiger partial charge in [0.25, 0.3) is 0 Å². The van der Waals surface area contributed by atoms with Gasteiger partial charge < -0.3 is 10.2 Å². The molecule has 0 aliphatic carbocycles. The molecule has 100 valence electrons. The Kier molecular flexibility index (Phi) is 5.78. The van der Waals surface area contributed by atoms with Crippen molar-refractivity contribution >= 4 is 5.69 Å². The number of nitrogens with zero attached hydrogens (tertiary/aromatic N) is 3. The third kappa shape index (κ3) is 3.67. The summed E-state index contributed by atoms with van der Waals surface area (Å²) in [5, 5.41) is 20.8. The summed E-state index contributed by atoms with van der Waals surface area (Å²) in [4.78, 5) is 1.46. The summed E-state index contributed by atoms with van der Waals surface area (Å²) in [6.07, 6.45) is 0. The highest BCUT2D eigenvalue weighted by Crippen LogP contribution is 2.29. The molecule has 0 saturated heterocycles. The van der Waals surface area contributed by atoms with Crippen LogP contribution in [0.15, 0.2) is 18.2 Å². The molecule has 0 heterocycles. The van der Waals surface area contributed by atoms with Crippen LogP contribution in [-0.4, -0.2) is 19.6 Å². The van der Waals surface area contributed by atoms with E-state index in [1.54, 1.807) is 6.07 Å². The van der Waals surface area contributed by atoms with Crippen molar-refractivity contribution in [3.05, 3.63) is 29.6 Å². The fraction of sp³-hybridized carbons (Fsp3) is 0.429. The average molecular weight is 260 g/mol. The molecule has 0 aliphatic heterocycles. The van der Waals surface area contributed by atoms with Crippen LogP contribution in [-0.2, 0) is 0 Å². The molecule has 1 unspecified atom stereocenters. The zero-order valence-electron chi connectivity index (χ0n) is 11.2. The van der Waals surface area contributed by atoms with E-state index in [2.05, 4.69) is 5.32 Å². The van der Waals surface area contributed by atoms with Crippen LogP contribution in [0.5, 0.6) is 0 Å². The number of nitrogens with one attached hydrogen (secondary N) is 1. The van der Waals surface area contributed by atoms with Gasteiger partial charge in [0.1, 0.15) is 18.9 Å². The molecular formula is C14H17FN4. The first-order valence-electron chi connectivity index (χ1n) is 6.16.